The van der Waals surface area contributed by atoms with Crippen LogP contribution in [0.15, 0.2) is 76.9 Å². The van der Waals surface area contributed by atoms with E-state index in [2.05, 4.69) is 20.9 Å². The lowest BCUT2D eigenvalue weighted by Gasteiger charge is -2.24. The first kappa shape index (κ1) is 23.1. The number of rotatable bonds is 6. The Morgan fingerprint density at radius 1 is 1.18 bits per heavy atom. The lowest BCUT2D eigenvalue weighted by atomic mass is 9.95. The number of ether oxygens (including phenoxy) is 1. The first-order valence-corrected chi connectivity index (χ1v) is 11.0. The van der Waals surface area contributed by atoms with E-state index in [9.17, 15) is 24.8 Å². The van der Waals surface area contributed by atoms with E-state index in [1.807, 2.05) is 6.92 Å². The molecule has 172 valence electrons. The van der Waals surface area contributed by atoms with Gasteiger partial charge in [-0.1, -0.05) is 12.1 Å². The topological polar surface area (TPSA) is 123 Å². The van der Waals surface area contributed by atoms with Crippen LogP contribution in [0.25, 0.3) is 5.76 Å². The lowest BCUT2D eigenvalue weighted by Crippen LogP contribution is -2.30. The summed E-state index contributed by atoms with van der Waals surface area (Å²) in [6.45, 7) is 2.30. The third kappa shape index (κ3) is 4.27. The van der Waals surface area contributed by atoms with Gasteiger partial charge in [0.1, 0.15) is 17.3 Å². The molecule has 0 radical (unpaired) electrons. The van der Waals surface area contributed by atoms with E-state index >= 15 is 0 Å². The summed E-state index contributed by atoms with van der Waals surface area (Å²) in [5, 5.41) is 22.5. The van der Waals surface area contributed by atoms with Crippen LogP contribution in [-0.4, -0.2) is 33.3 Å². The molecule has 9 nitrogen and oxygen atoms in total. The molecule has 1 atom stereocenters. The highest BCUT2D eigenvalue weighted by atomic mass is 79.9. The van der Waals surface area contributed by atoms with Crippen LogP contribution in [0.1, 0.15) is 24.1 Å². The van der Waals surface area contributed by atoms with E-state index in [-0.39, 0.29) is 22.6 Å². The molecule has 1 aliphatic heterocycles. The number of nitro groups is 1. The van der Waals surface area contributed by atoms with E-state index in [4.69, 9.17) is 4.74 Å². The number of nitro benzene ring substituents is 1. The average Bonchev–Trinajstić information content (AvgIpc) is 3.10. The van der Waals surface area contributed by atoms with Gasteiger partial charge in [0.15, 0.2) is 0 Å². The fourth-order valence-corrected chi connectivity index (χ4v) is 3.97. The first-order valence-electron chi connectivity index (χ1n) is 10.2. The second kappa shape index (κ2) is 9.44. The fraction of sp³-hybridized carbons (Fsp3) is 0.125. The summed E-state index contributed by atoms with van der Waals surface area (Å²) in [5.74, 6) is -1.50. The van der Waals surface area contributed by atoms with Gasteiger partial charge in [0, 0.05) is 28.4 Å². The zero-order valence-corrected chi connectivity index (χ0v) is 19.4. The molecule has 2 aromatic carbocycles. The second-order valence-electron chi connectivity index (χ2n) is 7.31. The average molecular weight is 524 g/mol. The maximum atomic E-state index is 13.1. The molecule has 1 aliphatic rings. The lowest BCUT2D eigenvalue weighted by molar-refractivity contribution is -0.384. The molecule has 2 heterocycles. The van der Waals surface area contributed by atoms with Crippen LogP contribution in [0.3, 0.4) is 0 Å². The number of hydrogen-bond acceptors (Lipinski definition) is 7. The van der Waals surface area contributed by atoms with Crippen molar-refractivity contribution in [1.29, 1.82) is 0 Å². The molecule has 3 aromatic rings. The van der Waals surface area contributed by atoms with Gasteiger partial charge in [-0.2, -0.15) is 0 Å². The zero-order chi connectivity index (χ0) is 24.4. The van der Waals surface area contributed by atoms with Crippen molar-refractivity contribution in [3.05, 3.63) is 98.1 Å². The predicted molar refractivity (Wildman–Crippen MR) is 127 cm³/mol. The normalized spacial score (nSPS) is 17.1. The van der Waals surface area contributed by atoms with Gasteiger partial charge in [0.25, 0.3) is 11.5 Å². The van der Waals surface area contributed by atoms with E-state index in [0.29, 0.717) is 22.4 Å². The molecule has 1 amide bonds. The van der Waals surface area contributed by atoms with Crippen LogP contribution in [0.4, 0.5) is 11.5 Å². The molecular weight excluding hydrogens is 506 g/mol. The van der Waals surface area contributed by atoms with Gasteiger partial charge in [0.05, 0.1) is 23.1 Å². The number of aromatic nitrogens is 1. The maximum Gasteiger partial charge on any atom is 0.301 e. The number of carbonyl (C=O) groups is 2. The summed E-state index contributed by atoms with van der Waals surface area (Å²) < 4.78 is 6.07. The molecule has 0 spiro atoms. The van der Waals surface area contributed by atoms with Crippen molar-refractivity contribution in [2.45, 2.75) is 13.0 Å². The molecule has 1 fully saturated rings. The monoisotopic (exact) mass is 523 g/mol. The molecule has 10 heteroatoms. The molecule has 1 unspecified atom stereocenters. The number of non-ortho nitro benzene ring substituents is 1. The minimum Gasteiger partial charge on any atom is -0.507 e. The number of anilines is 1. The smallest absolute Gasteiger partial charge is 0.301 e. The van der Waals surface area contributed by atoms with E-state index < -0.39 is 28.4 Å². The number of hydrogen-bond donors (Lipinski definition) is 1. The number of benzene rings is 2. The molecule has 4 rings (SSSR count). The summed E-state index contributed by atoms with van der Waals surface area (Å²) in [7, 11) is 0. The molecule has 34 heavy (non-hydrogen) atoms. The highest BCUT2D eigenvalue weighted by molar-refractivity contribution is 9.10. The minimum atomic E-state index is -1.12. The van der Waals surface area contributed by atoms with Gasteiger partial charge in [-0.15, -0.1) is 0 Å². The molecule has 0 aliphatic carbocycles. The highest BCUT2D eigenvalue weighted by Crippen LogP contribution is 2.42. The van der Waals surface area contributed by atoms with Crippen molar-refractivity contribution >= 4 is 44.9 Å². The summed E-state index contributed by atoms with van der Waals surface area (Å²) >= 11 is 3.28. The standard InChI is InChI=1S/C24H18BrN3O6/c1-2-34-18-9-6-14(7-10-18)22(29)20-21(15-4-3-5-17(12-15)28(32)33)27(24(31)23(20)30)19-11-8-16(25)13-26-19/h3-13,21,29H,2H2,1H3/b22-20+. The molecule has 1 saturated heterocycles. The zero-order valence-electron chi connectivity index (χ0n) is 17.8. The van der Waals surface area contributed by atoms with Gasteiger partial charge < -0.3 is 9.84 Å². The molecule has 1 N–H and O–H groups in total. The van der Waals surface area contributed by atoms with E-state index in [1.165, 1.54) is 30.5 Å². The van der Waals surface area contributed by atoms with Crippen molar-refractivity contribution in [2.75, 3.05) is 11.5 Å². The van der Waals surface area contributed by atoms with Crippen LogP contribution < -0.4 is 9.64 Å². The second-order valence-corrected chi connectivity index (χ2v) is 8.23. The van der Waals surface area contributed by atoms with Crippen LogP contribution in [0.2, 0.25) is 0 Å². The predicted octanol–water partition coefficient (Wildman–Crippen LogP) is 4.78. The third-order valence-corrected chi connectivity index (χ3v) is 5.71. The summed E-state index contributed by atoms with van der Waals surface area (Å²) in [4.78, 5) is 42.4. The molecule has 1 aromatic heterocycles. The van der Waals surface area contributed by atoms with Crippen LogP contribution >= 0.6 is 15.9 Å². The Bertz CT molecular complexity index is 1310. The quantitative estimate of drug-likeness (QED) is 0.162. The third-order valence-electron chi connectivity index (χ3n) is 5.24. The number of nitrogens with zero attached hydrogens (tertiary/aromatic N) is 3. The number of pyridine rings is 1. The van der Waals surface area contributed by atoms with Crippen molar-refractivity contribution < 1.29 is 24.4 Å². The fourth-order valence-electron chi connectivity index (χ4n) is 3.73. The van der Waals surface area contributed by atoms with Crippen molar-refractivity contribution in [1.82, 2.24) is 4.98 Å². The van der Waals surface area contributed by atoms with Gasteiger partial charge in [-0.3, -0.25) is 24.6 Å². The number of halogens is 1. The SMILES string of the molecule is CCOc1ccc(/C(O)=C2\C(=O)C(=O)N(c3ccc(Br)cn3)C2c2cccc([N+](=O)[O-])c2)cc1. The van der Waals surface area contributed by atoms with Crippen LogP contribution in [0.5, 0.6) is 5.75 Å². The Hall–Kier alpha value is -4.05. The van der Waals surface area contributed by atoms with Gasteiger partial charge >= 0.3 is 5.91 Å². The highest BCUT2D eigenvalue weighted by Gasteiger charge is 2.47. The molecule has 0 saturated carbocycles. The van der Waals surface area contributed by atoms with Crippen molar-refractivity contribution in [3.63, 3.8) is 0 Å². The van der Waals surface area contributed by atoms with Crippen LogP contribution in [-0.2, 0) is 9.59 Å². The Morgan fingerprint density at radius 3 is 2.53 bits per heavy atom. The summed E-state index contributed by atoms with van der Waals surface area (Å²) in [5.41, 5.74) is 0.165. The van der Waals surface area contributed by atoms with Gasteiger partial charge in [-0.05, 0) is 64.8 Å². The molecule has 0 bridgehead atoms. The van der Waals surface area contributed by atoms with Gasteiger partial charge in [0.2, 0.25) is 0 Å². The Labute approximate surface area is 202 Å². The summed E-state index contributed by atoms with van der Waals surface area (Å²) in [6, 6.07) is 14.1. The number of Topliss-reactive ketones (excluding diaryl/α,β-unsaturated/α-hetero) is 1. The molecular formula is C24H18BrN3O6. The first-order chi connectivity index (χ1) is 16.3. The Balaban J connectivity index is 1.91. The number of amides is 1. The van der Waals surface area contributed by atoms with Crippen LogP contribution in [0, 0.1) is 10.1 Å². The largest absolute Gasteiger partial charge is 0.507 e. The minimum absolute atomic E-state index is 0.160. The number of carbonyl (C=O) groups excluding carboxylic acids is 2. The van der Waals surface area contributed by atoms with Crippen molar-refractivity contribution in [2.24, 2.45) is 0 Å². The van der Waals surface area contributed by atoms with Crippen molar-refractivity contribution in [3.8, 4) is 5.75 Å². The summed E-state index contributed by atoms with van der Waals surface area (Å²) in [6.07, 6.45) is 1.46. The van der Waals surface area contributed by atoms with E-state index in [1.54, 1.807) is 36.4 Å². The Kier molecular flexibility index (Phi) is 6.42. The maximum absolute atomic E-state index is 13.1. The van der Waals surface area contributed by atoms with Gasteiger partial charge in [-0.25, -0.2) is 4.98 Å². The Morgan fingerprint density at radius 2 is 1.91 bits per heavy atom. The number of aliphatic hydroxyl groups excluding tert-OH is 1. The number of ketones is 1. The van der Waals surface area contributed by atoms with E-state index in [0.717, 1.165) is 4.90 Å². The number of aliphatic hydroxyl groups is 1.